The van der Waals surface area contributed by atoms with Crippen molar-refractivity contribution in [3.63, 3.8) is 0 Å². The number of carbonyl (C=O) groups is 2. The molecule has 3 rings (SSSR count). The van der Waals surface area contributed by atoms with Gasteiger partial charge in [0.25, 0.3) is 5.91 Å². The Bertz CT molecular complexity index is 1070. The predicted octanol–water partition coefficient (Wildman–Crippen LogP) is 3.39. The predicted molar refractivity (Wildman–Crippen MR) is 112 cm³/mol. The number of anilines is 1. The van der Waals surface area contributed by atoms with E-state index in [1.807, 2.05) is 32.0 Å². The lowest BCUT2D eigenvalue weighted by molar-refractivity contribution is -0.123. The van der Waals surface area contributed by atoms with Crippen LogP contribution in [0, 0.1) is 20.8 Å². The zero-order chi connectivity index (χ0) is 21.8. The average Bonchev–Trinajstić information content (AvgIpc) is 3.09. The number of rotatable bonds is 6. The van der Waals surface area contributed by atoms with E-state index in [-0.39, 0.29) is 5.69 Å². The van der Waals surface area contributed by atoms with Crippen LogP contribution in [0.2, 0.25) is 0 Å². The summed E-state index contributed by atoms with van der Waals surface area (Å²) >= 11 is 0. The summed E-state index contributed by atoms with van der Waals surface area (Å²) in [6.07, 6.45) is -1.01. The maximum absolute atomic E-state index is 12.6. The van der Waals surface area contributed by atoms with Crippen LogP contribution in [-0.2, 0) is 9.53 Å². The Morgan fingerprint density at radius 3 is 2.37 bits per heavy atom. The first-order valence-corrected chi connectivity index (χ1v) is 9.46. The standard InChI is InChI=1S/C22H24N4O4/c1-13-6-11-19(14(2)12-13)26-24-15(3)20(25-26)22(28)30-16(4)21(27)23-17-7-9-18(29-5)10-8-17/h6-12,16H,1-5H3,(H,23,27)/t16-/m1/s1. The third-order valence-electron chi connectivity index (χ3n) is 4.55. The van der Waals surface area contributed by atoms with Crippen molar-refractivity contribution in [1.82, 2.24) is 15.0 Å². The second-order valence-electron chi connectivity index (χ2n) is 6.98. The summed E-state index contributed by atoms with van der Waals surface area (Å²) in [6.45, 7) is 7.12. The molecule has 8 nitrogen and oxygen atoms in total. The lowest BCUT2D eigenvalue weighted by Crippen LogP contribution is -2.30. The second kappa shape index (κ2) is 8.77. The summed E-state index contributed by atoms with van der Waals surface area (Å²) in [5, 5.41) is 11.3. The minimum atomic E-state index is -1.01. The number of carbonyl (C=O) groups excluding carboxylic acids is 2. The normalized spacial score (nSPS) is 11.6. The van der Waals surface area contributed by atoms with E-state index >= 15 is 0 Å². The molecule has 8 heteroatoms. The first-order valence-electron chi connectivity index (χ1n) is 9.46. The van der Waals surface area contributed by atoms with Crippen LogP contribution in [0.5, 0.6) is 5.75 Å². The third-order valence-corrected chi connectivity index (χ3v) is 4.55. The van der Waals surface area contributed by atoms with E-state index < -0.39 is 18.0 Å². The van der Waals surface area contributed by atoms with Crippen LogP contribution >= 0.6 is 0 Å². The molecule has 1 amide bonds. The highest BCUT2D eigenvalue weighted by Crippen LogP contribution is 2.17. The molecule has 0 bridgehead atoms. The molecule has 0 unspecified atom stereocenters. The van der Waals surface area contributed by atoms with Crippen LogP contribution in [0.15, 0.2) is 42.5 Å². The van der Waals surface area contributed by atoms with Crippen molar-refractivity contribution in [2.75, 3.05) is 12.4 Å². The number of hydrogen-bond donors (Lipinski definition) is 1. The van der Waals surface area contributed by atoms with Crippen LogP contribution in [0.3, 0.4) is 0 Å². The fraction of sp³-hybridized carbons (Fsp3) is 0.273. The number of nitrogens with one attached hydrogen (secondary N) is 1. The fourth-order valence-electron chi connectivity index (χ4n) is 2.89. The first-order chi connectivity index (χ1) is 14.3. The highest BCUT2D eigenvalue weighted by molar-refractivity contribution is 5.97. The quantitative estimate of drug-likeness (QED) is 0.628. The second-order valence-corrected chi connectivity index (χ2v) is 6.98. The Balaban J connectivity index is 1.69. The van der Waals surface area contributed by atoms with Gasteiger partial charge in [0.2, 0.25) is 0 Å². The minimum Gasteiger partial charge on any atom is -0.497 e. The Morgan fingerprint density at radius 1 is 1.03 bits per heavy atom. The van der Waals surface area contributed by atoms with Gasteiger partial charge in [-0.05, 0) is 63.6 Å². The first kappa shape index (κ1) is 21.0. The number of aryl methyl sites for hydroxylation is 3. The van der Waals surface area contributed by atoms with Gasteiger partial charge in [-0.2, -0.15) is 9.90 Å². The molecule has 156 valence electrons. The van der Waals surface area contributed by atoms with E-state index in [2.05, 4.69) is 15.5 Å². The summed E-state index contributed by atoms with van der Waals surface area (Å²) in [5.41, 5.74) is 3.93. The molecule has 0 aliphatic heterocycles. The highest BCUT2D eigenvalue weighted by Gasteiger charge is 2.24. The van der Waals surface area contributed by atoms with Gasteiger partial charge in [0.05, 0.1) is 18.5 Å². The van der Waals surface area contributed by atoms with Crippen molar-refractivity contribution in [3.05, 3.63) is 65.0 Å². The van der Waals surface area contributed by atoms with Gasteiger partial charge in [0.1, 0.15) is 5.75 Å². The lowest BCUT2D eigenvalue weighted by Gasteiger charge is -2.13. The summed E-state index contributed by atoms with van der Waals surface area (Å²) in [5.74, 6) is -0.483. The number of ether oxygens (including phenoxy) is 2. The molecular weight excluding hydrogens is 384 g/mol. The Morgan fingerprint density at radius 2 is 1.73 bits per heavy atom. The molecule has 3 aromatic rings. The number of aromatic nitrogens is 3. The zero-order valence-corrected chi connectivity index (χ0v) is 17.6. The van der Waals surface area contributed by atoms with Crippen molar-refractivity contribution in [3.8, 4) is 11.4 Å². The molecule has 2 aromatic carbocycles. The number of methoxy groups -OCH3 is 1. The molecule has 0 fully saturated rings. The van der Waals surface area contributed by atoms with Crippen LogP contribution < -0.4 is 10.1 Å². The van der Waals surface area contributed by atoms with Crippen molar-refractivity contribution in [1.29, 1.82) is 0 Å². The molecule has 0 saturated heterocycles. The number of hydrogen-bond acceptors (Lipinski definition) is 6. The zero-order valence-electron chi connectivity index (χ0n) is 17.6. The van der Waals surface area contributed by atoms with Gasteiger partial charge in [-0.3, -0.25) is 4.79 Å². The Kier molecular flexibility index (Phi) is 6.15. The third kappa shape index (κ3) is 4.65. The molecule has 0 spiro atoms. The van der Waals surface area contributed by atoms with E-state index in [1.165, 1.54) is 11.7 Å². The number of nitrogens with zero attached hydrogens (tertiary/aromatic N) is 3. The van der Waals surface area contributed by atoms with E-state index in [4.69, 9.17) is 9.47 Å². The van der Waals surface area contributed by atoms with Crippen LogP contribution in [0.25, 0.3) is 5.69 Å². The lowest BCUT2D eigenvalue weighted by atomic mass is 10.1. The van der Waals surface area contributed by atoms with Crippen molar-refractivity contribution < 1.29 is 19.1 Å². The molecule has 0 aliphatic carbocycles. The maximum atomic E-state index is 12.6. The summed E-state index contributed by atoms with van der Waals surface area (Å²) in [6, 6.07) is 12.7. The van der Waals surface area contributed by atoms with Crippen LogP contribution in [-0.4, -0.2) is 40.1 Å². The molecule has 1 heterocycles. The highest BCUT2D eigenvalue weighted by atomic mass is 16.5. The van der Waals surface area contributed by atoms with Crippen molar-refractivity contribution >= 4 is 17.6 Å². The van der Waals surface area contributed by atoms with Crippen LogP contribution in [0.4, 0.5) is 5.69 Å². The van der Waals surface area contributed by atoms with Gasteiger partial charge in [-0.15, -0.1) is 5.10 Å². The van der Waals surface area contributed by atoms with Crippen molar-refractivity contribution in [2.24, 2.45) is 0 Å². The van der Waals surface area contributed by atoms with Gasteiger partial charge >= 0.3 is 5.97 Å². The largest absolute Gasteiger partial charge is 0.497 e. The van der Waals surface area contributed by atoms with E-state index in [1.54, 1.807) is 38.3 Å². The summed E-state index contributed by atoms with van der Waals surface area (Å²) in [4.78, 5) is 26.3. The van der Waals surface area contributed by atoms with Gasteiger partial charge in [0.15, 0.2) is 11.8 Å². The summed E-state index contributed by atoms with van der Waals surface area (Å²) in [7, 11) is 1.56. The molecule has 30 heavy (non-hydrogen) atoms. The minimum absolute atomic E-state index is 0.0686. The summed E-state index contributed by atoms with van der Waals surface area (Å²) < 4.78 is 10.4. The van der Waals surface area contributed by atoms with E-state index in [0.717, 1.165) is 16.8 Å². The average molecular weight is 408 g/mol. The molecular formula is C22H24N4O4. The molecule has 1 atom stereocenters. The van der Waals surface area contributed by atoms with Crippen LogP contribution in [0.1, 0.15) is 34.2 Å². The van der Waals surface area contributed by atoms with Gasteiger partial charge in [-0.1, -0.05) is 17.7 Å². The fourth-order valence-corrected chi connectivity index (χ4v) is 2.89. The number of benzene rings is 2. The molecule has 1 N–H and O–H groups in total. The molecule has 0 aliphatic rings. The van der Waals surface area contributed by atoms with E-state index in [0.29, 0.717) is 17.1 Å². The molecule has 1 aromatic heterocycles. The molecule has 0 saturated carbocycles. The SMILES string of the molecule is COc1ccc(NC(=O)[C@@H](C)OC(=O)c2nn(-c3ccc(C)cc3C)nc2C)cc1. The van der Waals surface area contributed by atoms with Gasteiger partial charge in [-0.25, -0.2) is 4.79 Å². The number of amides is 1. The van der Waals surface area contributed by atoms with Crippen molar-refractivity contribution in [2.45, 2.75) is 33.8 Å². The Hall–Kier alpha value is -3.68. The van der Waals surface area contributed by atoms with E-state index in [9.17, 15) is 9.59 Å². The van der Waals surface area contributed by atoms with Gasteiger partial charge in [0, 0.05) is 5.69 Å². The smallest absolute Gasteiger partial charge is 0.361 e. The maximum Gasteiger partial charge on any atom is 0.361 e. The topological polar surface area (TPSA) is 95.3 Å². The van der Waals surface area contributed by atoms with Gasteiger partial charge < -0.3 is 14.8 Å². The molecule has 0 radical (unpaired) electrons. The monoisotopic (exact) mass is 408 g/mol. The Labute approximate surface area is 174 Å². The number of esters is 1.